The molecule has 0 fully saturated rings. The predicted molar refractivity (Wildman–Crippen MR) is 113 cm³/mol. The molecule has 2 N–H and O–H groups in total. The predicted octanol–water partition coefficient (Wildman–Crippen LogP) is 3.98. The smallest absolute Gasteiger partial charge is 0.276 e. The number of anilines is 2. The summed E-state index contributed by atoms with van der Waals surface area (Å²) in [6.07, 6.45) is 0. The van der Waals surface area contributed by atoms with Crippen molar-refractivity contribution in [3.05, 3.63) is 70.9 Å². The molecular weight excluding hydrogens is 368 g/mol. The van der Waals surface area contributed by atoms with Crippen LogP contribution in [-0.2, 0) is 6.54 Å². The fourth-order valence-corrected chi connectivity index (χ4v) is 2.80. The quantitative estimate of drug-likeness (QED) is 0.633. The third-order valence-corrected chi connectivity index (χ3v) is 4.67. The van der Waals surface area contributed by atoms with E-state index < -0.39 is 0 Å². The van der Waals surface area contributed by atoms with Crippen molar-refractivity contribution in [3.8, 4) is 11.5 Å². The van der Waals surface area contributed by atoms with Crippen molar-refractivity contribution in [2.75, 3.05) is 24.9 Å². The number of aryl methyl sites for hydroxylation is 1. The Kier molecular flexibility index (Phi) is 6.29. The molecule has 7 nitrogen and oxygen atoms in total. The zero-order chi connectivity index (χ0) is 20.8. The van der Waals surface area contributed by atoms with E-state index in [1.807, 2.05) is 50.2 Å². The molecule has 3 aromatic rings. The number of methoxy groups -OCH3 is 2. The SMILES string of the molecule is COc1ccc(CNc2ccc(C(=O)Nc3cccc(C)c3C)nn2)cc1OC. The lowest BCUT2D eigenvalue weighted by Crippen LogP contribution is -2.15. The highest BCUT2D eigenvalue weighted by Gasteiger charge is 2.11. The molecule has 0 aliphatic heterocycles. The molecule has 0 bridgehead atoms. The first kappa shape index (κ1) is 20.1. The summed E-state index contributed by atoms with van der Waals surface area (Å²) in [5.41, 5.74) is 4.17. The number of benzene rings is 2. The topological polar surface area (TPSA) is 85.4 Å². The second kappa shape index (κ2) is 9.05. The summed E-state index contributed by atoms with van der Waals surface area (Å²) in [4.78, 5) is 12.4. The highest BCUT2D eigenvalue weighted by molar-refractivity contribution is 6.03. The minimum atomic E-state index is -0.294. The molecule has 1 heterocycles. The Balaban J connectivity index is 1.63. The van der Waals surface area contributed by atoms with Gasteiger partial charge in [-0.2, -0.15) is 0 Å². The Bertz CT molecular complexity index is 1000. The maximum absolute atomic E-state index is 12.4. The number of amides is 1. The highest BCUT2D eigenvalue weighted by Crippen LogP contribution is 2.27. The summed E-state index contributed by atoms with van der Waals surface area (Å²) in [5, 5.41) is 14.2. The van der Waals surface area contributed by atoms with Crippen molar-refractivity contribution in [1.82, 2.24) is 10.2 Å². The van der Waals surface area contributed by atoms with Gasteiger partial charge in [0.15, 0.2) is 17.2 Å². The van der Waals surface area contributed by atoms with Crippen LogP contribution in [0.25, 0.3) is 0 Å². The summed E-state index contributed by atoms with van der Waals surface area (Å²) in [6, 6.07) is 14.8. The minimum absolute atomic E-state index is 0.252. The Morgan fingerprint density at radius 3 is 2.45 bits per heavy atom. The zero-order valence-electron chi connectivity index (χ0n) is 16.9. The van der Waals surface area contributed by atoms with E-state index in [-0.39, 0.29) is 11.6 Å². The average Bonchev–Trinajstić information content (AvgIpc) is 2.75. The van der Waals surface area contributed by atoms with Gasteiger partial charge in [-0.15, -0.1) is 10.2 Å². The maximum Gasteiger partial charge on any atom is 0.276 e. The second-order valence-electron chi connectivity index (χ2n) is 6.55. The molecule has 0 unspecified atom stereocenters. The van der Waals surface area contributed by atoms with Crippen LogP contribution in [0, 0.1) is 13.8 Å². The Morgan fingerprint density at radius 1 is 0.966 bits per heavy atom. The summed E-state index contributed by atoms with van der Waals surface area (Å²) < 4.78 is 10.6. The summed E-state index contributed by atoms with van der Waals surface area (Å²) in [7, 11) is 3.20. The van der Waals surface area contributed by atoms with Crippen LogP contribution in [0.2, 0.25) is 0 Å². The van der Waals surface area contributed by atoms with E-state index >= 15 is 0 Å². The lowest BCUT2D eigenvalue weighted by Gasteiger charge is -2.11. The molecule has 7 heteroatoms. The molecule has 0 aliphatic carbocycles. The van der Waals surface area contributed by atoms with Gasteiger partial charge in [0.05, 0.1) is 14.2 Å². The Hall–Kier alpha value is -3.61. The van der Waals surface area contributed by atoms with Crippen LogP contribution in [0.5, 0.6) is 11.5 Å². The average molecular weight is 392 g/mol. The van der Waals surface area contributed by atoms with Crippen molar-refractivity contribution >= 4 is 17.4 Å². The van der Waals surface area contributed by atoms with Gasteiger partial charge in [-0.1, -0.05) is 18.2 Å². The van der Waals surface area contributed by atoms with Gasteiger partial charge in [0.1, 0.15) is 5.82 Å². The van der Waals surface area contributed by atoms with Gasteiger partial charge in [-0.25, -0.2) is 0 Å². The van der Waals surface area contributed by atoms with Gasteiger partial charge < -0.3 is 20.1 Å². The molecule has 1 aromatic heterocycles. The van der Waals surface area contributed by atoms with E-state index in [1.54, 1.807) is 26.4 Å². The number of carbonyl (C=O) groups excluding carboxylic acids is 1. The van der Waals surface area contributed by atoms with Crippen LogP contribution < -0.4 is 20.1 Å². The lowest BCUT2D eigenvalue weighted by atomic mass is 10.1. The normalized spacial score (nSPS) is 10.3. The molecule has 1 amide bonds. The van der Waals surface area contributed by atoms with E-state index in [0.717, 1.165) is 22.4 Å². The Morgan fingerprint density at radius 2 is 1.76 bits per heavy atom. The molecule has 29 heavy (non-hydrogen) atoms. The first-order valence-corrected chi connectivity index (χ1v) is 9.18. The van der Waals surface area contributed by atoms with Crippen molar-refractivity contribution in [2.45, 2.75) is 20.4 Å². The number of hydrogen-bond acceptors (Lipinski definition) is 6. The van der Waals surface area contributed by atoms with E-state index in [2.05, 4.69) is 20.8 Å². The first-order valence-electron chi connectivity index (χ1n) is 9.18. The van der Waals surface area contributed by atoms with Gasteiger partial charge >= 0.3 is 0 Å². The standard InChI is InChI=1S/C22H24N4O3/c1-14-6-5-7-17(15(14)2)24-22(27)18-9-11-21(26-25-18)23-13-16-8-10-19(28-3)20(12-16)29-4/h5-12H,13H2,1-4H3,(H,23,26)(H,24,27). The van der Waals surface area contributed by atoms with Crippen LogP contribution in [0.4, 0.5) is 11.5 Å². The van der Waals surface area contributed by atoms with E-state index in [4.69, 9.17) is 9.47 Å². The molecule has 0 spiro atoms. The fraction of sp³-hybridized carbons (Fsp3) is 0.227. The number of ether oxygens (including phenoxy) is 2. The summed E-state index contributed by atoms with van der Waals surface area (Å²) in [6.45, 7) is 4.50. The molecular formula is C22H24N4O3. The van der Waals surface area contributed by atoms with Crippen LogP contribution in [0.1, 0.15) is 27.2 Å². The molecule has 3 rings (SSSR count). The molecule has 0 radical (unpaired) electrons. The Labute approximate surface area is 170 Å². The molecule has 0 saturated carbocycles. The van der Waals surface area contributed by atoms with Crippen LogP contribution in [-0.4, -0.2) is 30.3 Å². The molecule has 0 aliphatic rings. The van der Waals surface area contributed by atoms with E-state index in [1.165, 1.54) is 0 Å². The van der Waals surface area contributed by atoms with Crippen molar-refractivity contribution in [1.29, 1.82) is 0 Å². The zero-order valence-corrected chi connectivity index (χ0v) is 16.9. The summed E-state index contributed by atoms with van der Waals surface area (Å²) >= 11 is 0. The number of rotatable bonds is 7. The molecule has 2 aromatic carbocycles. The van der Waals surface area contributed by atoms with Gasteiger partial charge in [0.25, 0.3) is 5.91 Å². The second-order valence-corrected chi connectivity index (χ2v) is 6.55. The monoisotopic (exact) mass is 392 g/mol. The van der Waals surface area contributed by atoms with Gasteiger partial charge in [-0.05, 0) is 60.9 Å². The molecule has 0 atom stereocenters. The van der Waals surface area contributed by atoms with Crippen molar-refractivity contribution in [3.63, 3.8) is 0 Å². The maximum atomic E-state index is 12.4. The fourth-order valence-electron chi connectivity index (χ4n) is 2.80. The van der Waals surface area contributed by atoms with Crippen molar-refractivity contribution < 1.29 is 14.3 Å². The van der Waals surface area contributed by atoms with Gasteiger partial charge in [0.2, 0.25) is 0 Å². The number of carbonyl (C=O) groups is 1. The van der Waals surface area contributed by atoms with Crippen LogP contribution in [0.15, 0.2) is 48.5 Å². The number of hydrogen-bond donors (Lipinski definition) is 2. The van der Waals surface area contributed by atoms with Crippen molar-refractivity contribution in [2.24, 2.45) is 0 Å². The third-order valence-electron chi connectivity index (χ3n) is 4.67. The van der Waals surface area contributed by atoms with Crippen LogP contribution in [0.3, 0.4) is 0 Å². The van der Waals surface area contributed by atoms with E-state index in [0.29, 0.717) is 23.9 Å². The van der Waals surface area contributed by atoms with Gasteiger partial charge in [0, 0.05) is 12.2 Å². The van der Waals surface area contributed by atoms with Crippen LogP contribution >= 0.6 is 0 Å². The molecule has 0 saturated heterocycles. The lowest BCUT2D eigenvalue weighted by molar-refractivity contribution is 0.102. The number of nitrogens with one attached hydrogen (secondary N) is 2. The number of aromatic nitrogens is 2. The van der Waals surface area contributed by atoms with E-state index in [9.17, 15) is 4.79 Å². The van der Waals surface area contributed by atoms with Gasteiger partial charge in [-0.3, -0.25) is 4.79 Å². The first-order chi connectivity index (χ1) is 14.0. The summed E-state index contributed by atoms with van der Waals surface area (Å²) in [5.74, 6) is 1.62. The minimum Gasteiger partial charge on any atom is -0.493 e. The highest BCUT2D eigenvalue weighted by atomic mass is 16.5. The largest absolute Gasteiger partial charge is 0.493 e. The molecule has 150 valence electrons. The number of nitrogens with zero attached hydrogens (tertiary/aromatic N) is 2. The third kappa shape index (κ3) is 4.82.